The number of nitrogens with zero attached hydrogens (tertiary/aromatic N) is 3. The van der Waals surface area contributed by atoms with Crippen LogP contribution < -0.4 is 26.0 Å². The van der Waals surface area contributed by atoms with Crippen molar-refractivity contribution in [3.63, 3.8) is 0 Å². The van der Waals surface area contributed by atoms with Gasteiger partial charge >= 0.3 is 0 Å². The minimum absolute atomic E-state index is 0.233. The molecule has 0 saturated heterocycles. The molecule has 0 radical (unpaired) electrons. The van der Waals surface area contributed by atoms with Crippen LogP contribution in [0.2, 0.25) is 0 Å². The number of hydrogen-bond donors (Lipinski definition) is 4. The number of amides is 1. The van der Waals surface area contributed by atoms with E-state index in [2.05, 4.69) is 48.4 Å². The highest BCUT2D eigenvalue weighted by Crippen LogP contribution is 2.22. The lowest BCUT2D eigenvalue weighted by molar-refractivity contribution is -0.116. The van der Waals surface area contributed by atoms with Crippen molar-refractivity contribution in [1.29, 1.82) is 0 Å². The molecule has 4 rings (SSSR count). The van der Waals surface area contributed by atoms with E-state index in [0.29, 0.717) is 23.3 Å². The third-order valence-corrected chi connectivity index (χ3v) is 5.69. The van der Waals surface area contributed by atoms with Gasteiger partial charge in [0.05, 0.1) is 7.11 Å². The number of nitrogens with one attached hydrogen (secondary N) is 4. The molecule has 3 aromatic carbocycles. The molecule has 1 heterocycles. The van der Waals surface area contributed by atoms with Gasteiger partial charge in [0, 0.05) is 17.1 Å². The zero-order valence-corrected chi connectivity index (χ0v) is 22.5. The first-order valence-electron chi connectivity index (χ1n) is 12.3. The number of carbonyl (C=O) groups excluding carboxylic acids is 1. The lowest BCUT2D eigenvalue weighted by atomic mass is 10.1. The van der Waals surface area contributed by atoms with Gasteiger partial charge < -0.3 is 26.0 Å². The normalized spacial score (nSPS) is 11.4. The highest BCUT2D eigenvalue weighted by molar-refractivity contribution is 5.96. The van der Waals surface area contributed by atoms with E-state index in [9.17, 15) is 4.79 Å². The maximum atomic E-state index is 12.9. The van der Waals surface area contributed by atoms with E-state index < -0.39 is 6.04 Å². The Kier molecular flexibility index (Phi) is 8.06. The van der Waals surface area contributed by atoms with Crippen LogP contribution in [-0.2, 0) is 4.79 Å². The van der Waals surface area contributed by atoms with Crippen molar-refractivity contribution in [1.82, 2.24) is 15.0 Å². The molecule has 38 heavy (non-hydrogen) atoms. The maximum absolute atomic E-state index is 12.9. The molecule has 9 nitrogen and oxygen atoms in total. The van der Waals surface area contributed by atoms with E-state index >= 15 is 0 Å². The molecule has 0 aliphatic rings. The van der Waals surface area contributed by atoms with Gasteiger partial charge in [0.15, 0.2) is 0 Å². The Morgan fingerprint density at radius 1 is 0.684 bits per heavy atom. The predicted molar refractivity (Wildman–Crippen MR) is 153 cm³/mol. The molecule has 0 unspecified atom stereocenters. The van der Waals surface area contributed by atoms with Crippen molar-refractivity contribution in [3.05, 3.63) is 82.9 Å². The molecule has 1 aromatic heterocycles. The Labute approximate surface area is 223 Å². The van der Waals surface area contributed by atoms with Crippen molar-refractivity contribution in [2.45, 2.75) is 40.7 Å². The summed E-state index contributed by atoms with van der Waals surface area (Å²) in [7, 11) is 1.60. The van der Waals surface area contributed by atoms with Crippen molar-refractivity contribution in [3.8, 4) is 5.75 Å². The molecule has 4 N–H and O–H groups in total. The number of methoxy groups -OCH3 is 1. The van der Waals surface area contributed by atoms with Crippen LogP contribution in [0.4, 0.5) is 34.9 Å². The summed E-state index contributed by atoms with van der Waals surface area (Å²) in [4.78, 5) is 26.5. The average molecular weight is 512 g/mol. The van der Waals surface area contributed by atoms with Gasteiger partial charge in [-0.25, -0.2) is 0 Å². The summed E-state index contributed by atoms with van der Waals surface area (Å²) in [5, 5.41) is 12.5. The standard InChI is InChI=1S/C29H33N7O2/c1-17-11-18(2)14-23(13-17)32-28-34-27(35-29(36-28)33-24-15-19(3)12-20(4)16-24)30-21(5)26(37)31-22-7-9-25(38-6)10-8-22/h7-16,21H,1-6H3,(H,31,37)(H3,30,32,33,34,35,36)/t21-/m1/s1. The van der Waals surface area contributed by atoms with E-state index in [1.165, 1.54) is 0 Å². The number of rotatable bonds is 9. The number of anilines is 6. The third kappa shape index (κ3) is 7.19. The monoisotopic (exact) mass is 511 g/mol. The second-order valence-corrected chi connectivity index (χ2v) is 9.39. The van der Waals surface area contributed by atoms with E-state index in [1.807, 2.05) is 52.0 Å². The molecule has 1 atom stereocenters. The third-order valence-electron chi connectivity index (χ3n) is 5.69. The topological polar surface area (TPSA) is 113 Å². The van der Waals surface area contributed by atoms with Crippen LogP contribution in [0.5, 0.6) is 5.75 Å². The molecule has 1 amide bonds. The summed E-state index contributed by atoms with van der Waals surface area (Å²) in [6.07, 6.45) is 0. The summed E-state index contributed by atoms with van der Waals surface area (Å²) in [6, 6.07) is 18.8. The van der Waals surface area contributed by atoms with Crippen LogP contribution >= 0.6 is 0 Å². The van der Waals surface area contributed by atoms with Gasteiger partial charge in [-0.05, 0) is 105 Å². The second-order valence-electron chi connectivity index (χ2n) is 9.39. The molecule has 9 heteroatoms. The Bertz CT molecular complexity index is 1330. The minimum atomic E-state index is -0.623. The van der Waals surface area contributed by atoms with Gasteiger partial charge in [-0.1, -0.05) is 12.1 Å². The molecule has 0 saturated carbocycles. The van der Waals surface area contributed by atoms with Gasteiger partial charge in [0.2, 0.25) is 23.8 Å². The number of ether oxygens (including phenoxy) is 1. The lowest BCUT2D eigenvalue weighted by Gasteiger charge is -2.16. The molecule has 0 aliphatic carbocycles. The highest BCUT2D eigenvalue weighted by Gasteiger charge is 2.16. The van der Waals surface area contributed by atoms with Crippen molar-refractivity contribution in [2.24, 2.45) is 0 Å². The minimum Gasteiger partial charge on any atom is -0.497 e. The van der Waals surface area contributed by atoms with E-state index in [0.717, 1.165) is 33.6 Å². The number of aromatic nitrogens is 3. The van der Waals surface area contributed by atoms with E-state index in [1.54, 1.807) is 38.3 Å². The summed E-state index contributed by atoms with van der Waals surface area (Å²) in [6.45, 7) is 9.89. The molecule has 0 fully saturated rings. The van der Waals surface area contributed by atoms with E-state index in [-0.39, 0.29) is 11.9 Å². The van der Waals surface area contributed by atoms with Crippen molar-refractivity contribution < 1.29 is 9.53 Å². The zero-order valence-electron chi connectivity index (χ0n) is 22.5. The van der Waals surface area contributed by atoms with Gasteiger partial charge in [0.1, 0.15) is 11.8 Å². The summed E-state index contributed by atoms with van der Waals surface area (Å²) in [5.41, 5.74) is 6.88. The van der Waals surface area contributed by atoms with Crippen LogP contribution in [0.1, 0.15) is 29.2 Å². The second kappa shape index (κ2) is 11.6. The smallest absolute Gasteiger partial charge is 0.246 e. The number of benzene rings is 3. The quantitative estimate of drug-likeness (QED) is 0.215. The first-order valence-corrected chi connectivity index (χ1v) is 12.3. The van der Waals surface area contributed by atoms with Crippen LogP contribution in [0.3, 0.4) is 0 Å². The van der Waals surface area contributed by atoms with Crippen LogP contribution in [0.15, 0.2) is 60.7 Å². The Morgan fingerprint density at radius 3 is 1.58 bits per heavy atom. The number of carbonyl (C=O) groups is 1. The summed E-state index contributed by atoms with van der Waals surface area (Å²) >= 11 is 0. The molecule has 0 bridgehead atoms. The largest absolute Gasteiger partial charge is 0.497 e. The average Bonchev–Trinajstić information content (AvgIpc) is 2.83. The van der Waals surface area contributed by atoms with Gasteiger partial charge in [-0.15, -0.1) is 0 Å². The first-order chi connectivity index (χ1) is 18.2. The highest BCUT2D eigenvalue weighted by atomic mass is 16.5. The molecule has 0 aliphatic heterocycles. The Morgan fingerprint density at radius 2 is 1.13 bits per heavy atom. The fourth-order valence-electron chi connectivity index (χ4n) is 4.09. The van der Waals surface area contributed by atoms with Crippen molar-refractivity contribution in [2.75, 3.05) is 28.4 Å². The first kappa shape index (κ1) is 26.4. The van der Waals surface area contributed by atoms with E-state index in [4.69, 9.17) is 4.74 Å². The fraction of sp³-hybridized carbons (Fsp3) is 0.241. The predicted octanol–water partition coefficient (Wildman–Crippen LogP) is 6.04. The molecule has 196 valence electrons. The Hall–Kier alpha value is -4.66. The molecular formula is C29H33N7O2. The molecular weight excluding hydrogens is 478 g/mol. The SMILES string of the molecule is COc1ccc(NC(=O)[C@@H](C)Nc2nc(Nc3cc(C)cc(C)c3)nc(Nc3cc(C)cc(C)c3)n2)cc1. The van der Waals surface area contributed by atoms with Crippen LogP contribution in [-0.4, -0.2) is 34.0 Å². The number of hydrogen-bond acceptors (Lipinski definition) is 8. The Balaban J connectivity index is 1.58. The van der Waals surface area contributed by atoms with Crippen LogP contribution in [0.25, 0.3) is 0 Å². The fourth-order valence-corrected chi connectivity index (χ4v) is 4.09. The maximum Gasteiger partial charge on any atom is 0.246 e. The van der Waals surface area contributed by atoms with Crippen LogP contribution in [0, 0.1) is 27.7 Å². The summed E-state index contributed by atoms with van der Waals surface area (Å²) < 4.78 is 5.17. The number of aryl methyl sites for hydroxylation is 4. The molecule has 0 spiro atoms. The summed E-state index contributed by atoms with van der Waals surface area (Å²) in [5.74, 6) is 1.44. The van der Waals surface area contributed by atoms with Crippen molar-refractivity contribution >= 4 is 40.8 Å². The zero-order chi connectivity index (χ0) is 27.2. The molecule has 4 aromatic rings. The lowest BCUT2D eigenvalue weighted by Crippen LogP contribution is -2.32. The van der Waals surface area contributed by atoms with Gasteiger partial charge in [-0.3, -0.25) is 4.79 Å². The van der Waals surface area contributed by atoms with Gasteiger partial charge in [0.25, 0.3) is 0 Å². The van der Waals surface area contributed by atoms with Gasteiger partial charge in [-0.2, -0.15) is 15.0 Å².